The van der Waals surface area contributed by atoms with Crippen LogP contribution < -0.4 is 16.4 Å². The van der Waals surface area contributed by atoms with Gasteiger partial charge >= 0.3 is 0 Å². The molecule has 0 radical (unpaired) electrons. The van der Waals surface area contributed by atoms with Crippen LogP contribution in [0.2, 0.25) is 0 Å². The summed E-state index contributed by atoms with van der Waals surface area (Å²) in [7, 11) is 0. The van der Waals surface area contributed by atoms with Crippen LogP contribution in [0.4, 0.5) is 5.69 Å². The minimum absolute atomic E-state index is 0. The standard InChI is InChI=1S/C17H21N5O2.ClH/c18-15(8-12-4-2-1-3-5-12)17(24)21-14-9-19-22(10-14)11-16(23)20-13-6-7-13;/h1-5,9-10,13,15H,6-8,11,18H2,(H,20,23)(H,21,24);1H/t15-;/m0./s1. The van der Waals surface area contributed by atoms with Gasteiger partial charge in [0.1, 0.15) is 6.54 Å². The van der Waals surface area contributed by atoms with Crippen molar-refractivity contribution in [3.8, 4) is 0 Å². The number of carbonyl (C=O) groups is 2. The van der Waals surface area contributed by atoms with Crippen molar-refractivity contribution in [2.75, 3.05) is 5.32 Å². The summed E-state index contributed by atoms with van der Waals surface area (Å²) in [6.45, 7) is 0.141. The second-order valence-electron chi connectivity index (χ2n) is 6.05. The monoisotopic (exact) mass is 363 g/mol. The minimum Gasteiger partial charge on any atom is -0.352 e. The highest BCUT2D eigenvalue weighted by Gasteiger charge is 2.23. The van der Waals surface area contributed by atoms with Gasteiger partial charge in [0.05, 0.1) is 17.9 Å². The van der Waals surface area contributed by atoms with Gasteiger partial charge in [0.15, 0.2) is 0 Å². The van der Waals surface area contributed by atoms with Crippen LogP contribution in [-0.2, 0) is 22.6 Å². The van der Waals surface area contributed by atoms with Crippen LogP contribution >= 0.6 is 12.4 Å². The van der Waals surface area contributed by atoms with Gasteiger partial charge in [-0.3, -0.25) is 14.3 Å². The van der Waals surface area contributed by atoms with E-state index in [2.05, 4.69) is 15.7 Å². The van der Waals surface area contributed by atoms with Crippen LogP contribution in [0, 0.1) is 0 Å². The molecule has 1 fully saturated rings. The van der Waals surface area contributed by atoms with Gasteiger partial charge in [0.25, 0.3) is 0 Å². The molecule has 0 bridgehead atoms. The number of aromatic nitrogens is 2. The smallest absolute Gasteiger partial charge is 0.241 e. The second-order valence-corrected chi connectivity index (χ2v) is 6.05. The largest absolute Gasteiger partial charge is 0.352 e. The molecular formula is C17H22ClN5O2. The number of hydrogen-bond acceptors (Lipinski definition) is 4. The van der Waals surface area contributed by atoms with Crippen molar-refractivity contribution in [1.29, 1.82) is 0 Å². The summed E-state index contributed by atoms with van der Waals surface area (Å²) >= 11 is 0. The quantitative estimate of drug-likeness (QED) is 0.685. The Bertz CT molecular complexity index is 715. The third kappa shape index (κ3) is 5.88. The first kappa shape index (κ1) is 19.0. The number of hydrogen-bond donors (Lipinski definition) is 3. The van der Waals surface area contributed by atoms with Crippen molar-refractivity contribution in [3.05, 3.63) is 48.3 Å². The Labute approximate surface area is 152 Å². The van der Waals surface area contributed by atoms with E-state index in [9.17, 15) is 9.59 Å². The van der Waals surface area contributed by atoms with Gasteiger partial charge in [-0.05, 0) is 24.8 Å². The Morgan fingerprint density at radius 1 is 1.28 bits per heavy atom. The lowest BCUT2D eigenvalue weighted by molar-refractivity contribution is -0.122. The lowest BCUT2D eigenvalue weighted by atomic mass is 10.1. The molecule has 7 nitrogen and oxygen atoms in total. The summed E-state index contributed by atoms with van der Waals surface area (Å²) in [6, 6.07) is 9.29. The molecule has 2 amide bonds. The maximum atomic E-state index is 12.1. The minimum atomic E-state index is -0.645. The molecule has 1 saturated carbocycles. The van der Waals surface area contributed by atoms with E-state index in [0.29, 0.717) is 18.2 Å². The van der Waals surface area contributed by atoms with Crippen LogP contribution in [0.3, 0.4) is 0 Å². The first-order valence-electron chi connectivity index (χ1n) is 8.02. The lowest BCUT2D eigenvalue weighted by Crippen LogP contribution is -2.37. The number of nitrogens with one attached hydrogen (secondary N) is 2. The van der Waals surface area contributed by atoms with E-state index < -0.39 is 6.04 Å². The fraction of sp³-hybridized carbons (Fsp3) is 0.353. The van der Waals surface area contributed by atoms with E-state index in [-0.39, 0.29) is 30.8 Å². The van der Waals surface area contributed by atoms with Crippen LogP contribution in [0.25, 0.3) is 0 Å². The van der Waals surface area contributed by atoms with Gasteiger partial charge in [0.2, 0.25) is 11.8 Å². The summed E-state index contributed by atoms with van der Waals surface area (Å²) in [5.74, 6) is -0.347. The molecule has 8 heteroatoms. The number of carbonyl (C=O) groups excluding carboxylic acids is 2. The Kier molecular flexibility index (Phi) is 6.55. The molecule has 134 valence electrons. The van der Waals surface area contributed by atoms with E-state index in [1.54, 1.807) is 6.20 Å². The molecule has 0 spiro atoms. The SMILES string of the molecule is Cl.N[C@@H](Cc1ccccc1)C(=O)Nc1cnn(CC(=O)NC2CC2)c1. The molecule has 3 rings (SSSR count). The molecule has 1 aliphatic carbocycles. The van der Waals surface area contributed by atoms with Crippen molar-refractivity contribution >= 4 is 29.9 Å². The normalized spacial score (nSPS) is 14.3. The average molecular weight is 364 g/mol. The van der Waals surface area contributed by atoms with Gasteiger partial charge in [0, 0.05) is 12.2 Å². The highest BCUT2D eigenvalue weighted by atomic mass is 35.5. The molecule has 1 aromatic heterocycles. The van der Waals surface area contributed by atoms with Gasteiger partial charge in [-0.25, -0.2) is 0 Å². The van der Waals surface area contributed by atoms with Crippen LogP contribution in [0.5, 0.6) is 0 Å². The molecule has 2 aromatic rings. The average Bonchev–Trinajstić information content (AvgIpc) is 3.26. The molecule has 0 saturated heterocycles. The Hall–Kier alpha value is -2.38. The Morgan fingerprint density at radius 3 is 2.68 bits per heavy atom. The highest BCUT2D eigenvalue weighted by molar-refractivity contribution is 5.94. The predicted octanol–water partition coefficient (Wildman–Crippen LogP) is 1.09. The number of anilines is 1. The topological polar surface area (TPSA) is 102 Å². The predicted molar refractivity (Wildman–Crippen MR) is 97.4 cm³/mol. The second kappa shape index (κ2) is 8.64. The summed E-state index contributed by atoms with van der Waals surface area (Å²) in [4.78, 5) is 23.9. The molecule has 1 heterocycles. The Balaban J connectivity index is 0.00000225. The van der Waals surface area contributed by atoms with Gasteiger partial charge in [-0.15, -0.1) is 12.4 Å². The van der Waals surface area contributed by atoms with Gasteiger partial charge in [-0.2, -0.15) is 5.10 Å². The van der Waals surface area contributed by atoms with Crippen molar-refractivity contribution in [2.45, 2.75) is 37.9 Å². The van der Waals surface area contributed by atoms with Gasteiger partial charge in [-0.1, -0.05) is 30.3 Å². The maximum absolute atomic E-state index is 12.1. The molecule has 25 heavy (non-hydrogen) atoms. The molecular weight excluding hydrogens is 342 g/mol. The molecule has 0 aliphatic heterocycles. The van der Waals surface area contributed by atoms with Gasteiger partial charge < -0.3 is 16.4 Å². The molecule has 1 aliphatic rings. The first-order valence-corrected chi connectivity index (χ1v) is 8.02. The van der Waals surface area contributed by atoms with E-state index in [1.807, 2.05) is 30.3 Å². The molecule has 1 aromatic carbocycles. The van der Waals surface area contributed by atoms with Crippen molar-refractivity contribution in [3.63, 3.8) is 0 Å². The van der Waals surface area contributed by atoms with Crippen LogP contribution in [0.1, 0.15) is 18.4 Å². The zero-order valence-electron chi connectivity index (χ0n) is 13.7. The fourth-order valence-corrected chi connectivity index (χ4v) is 2.36. The molecule has 1 atom stereocenters. The Morgan fingerprint density at radius 2 is 2.00 bits per heavy atom. The van der Waals surface area contributed by atoms with E-state index >= 15 is 0 Å². The maximum Gasteiger partial charge on any atom is 0.241 e. The number of halogens is 1. The van der Waals surface area contributed by atoms with Crippen molar-refractivity contribution in [2.24, 2.45) is 5.73 Å². The number of nitrogens with zero attached hydrogens (tertiary/aromatic N) is 2. The van der Waals surface area contributed by atoms with Crippen LogP contribution in [-0.4, -0.2) is 33.7 Å². The van der Waals surface area contributed by atoms with E-state index in [0.717, 1.165) is 18.4 Å². The summed E-state index contributed by atoms with van der Waals surface area (Å²) < 4.78 is 1.50. The van der Waals surface area contributed by atoms with E-state index in [1.165, 1.54) is 10.9 Å². The highest BCUT2D eigenvalue weighted by Crippen LogP contribution is 2.18. The summed E-state index contributed by atoms with van der Waals surface area (Å²) in [5.41, 5.74) is 7.48. The van der Waals surface area contributed by atoms with Crippen molar-refractivity contribution in [1.82, 2.24) is 15.1 Å². The number of nitrogens with two attached hydrogens (primary N) is 1. The zero-order chi connectivity index (χ0) is 16.9. The van der Waals surface area contributed by atoms with Crippen LogP contribution in [0.15, 0.2) is 42.7 Å². The fourth-order valence-electron chi connectivity index (χ4n) is 2.36. The number of rotatable bonds is 7. The molecule has 0 unspecified atom stereocenters. The number of amides is 2. The van der Waals surface area contributed by atoms with E-state index in [4.69, 9.17) is 5.73 Å². The summed E-state index contributed by atoms with van der Waals surface area (Å²) in [5, 5.41) is 9.70. The molecule has 4 N–H and O–H groups in total. The zero-order valence-corrected chi connectivity index (χ0v) is 14.5. The lowest BCUT2D eigenvalue weighted by Gasteiger charge is -2.11. The van der Waals surface area contributed by atoms with Crippen molar-refractivity contribution < 1.29 is 9.59 Å². The third-order valence-electron chi connectivity index (χ3n) is 3.78. The third-order valence-corrected chi connectivity index (χ3v) is 3.78. The first-order chi connectivity index (χ1) is 11.6. The summed E-state index contributed by atoms with van der Waals surface area (Å²) in [6.07, 6.45) is 5.69. The number of benzene rings is 1.